The van der Waals surface area contributed by atoms with E-state index in [-0.39, 0.29) is 0 Å². The molecule has 2 heteroatoms. The molecular formula is C8H20OSi. The Morgan fingerprint density at radius 3 is 2.20 bits per heavy atom. The van der Waals surface area contributed by atoms with Crippen LogP contribution in [-0.4, -0.2) is 16.6 Å². The molecule has 0 aliphatic rings. The standard InChI is InChI=1S/C8H20OSi/c1-4-8(9-10)6-5-7(2)3/h7-8H,4-6H2,1-3,10H3. The molecule has 0 aromatic heterocycles. The molecule has 0 aliphatic carbocycles. The maximum absolute atomic E-state index is 5.39. The molecule has 0 spiro atoms. The molecular weight excluding hydrogens is 140 g/mol. The van der Waals surface area contributed by atoms with Crippen LogP contribution in [0.4, 0.5) is 0 Å². The first-order valence-electron chi connectivity index (χ1n) is 4.23. The highest BCUT2D eigenvalue weighted by molar-refractivity contribution is 5.98. The van der Waals surface area contributed by atoms with Crippen molar-refractivity contribution in [2.45, 2.75) is 46.1 Å². The average Bonchev–Trinajstić information content (AvgIpc) is 1.90. The summed E-state index contributed by atoms with van der Waals surface area (Å²) in [6, 6.07) is 0. The van der Waals surface area contributed by atoms with Gasteiger partial charge in [0.05, 0.1) is 0 Å². The van der Waals surface area contributed by atoms with Crippen LogP contribution in [0, 0.1) is 5.92 Å². The fourth-order valence-electron chi connectivity index (χ4n) is 1.01. The molecule has 10 heavy (non-hydrogen) atoms. The Labute approximate surface area is 67.7 Å². The lowest BCUT2D eigenvalue weighted by Crippen LogP contribution is -2.10. The van der Waals surface area contributed by atoms with E-state index in [0.29, 0.717) is 6.10 Å². The van der Waals surface area contributed by atoms with Crippen molar-refractivity contribution in [3.05, 3.63) is 0 Å². The van der Waals surface area contributed by atoms with Gasteiger partial charge in [-0.25, -0.2) is 0 Å². The third-order valence-electron chi connectivity index (χ3n) is 1.85. The molecule has 0 amide bonds. The molecule has 0 aromatic rings. The Kier molecular flexibility index (Phi) is 6.03. The zero-order valence-corrected chi connectivity index (χ0v) is 9.68. The van der Waals surface area contributed by atoms with Crippen LogP contribution >= 0.6 is 0 Å². The minimum Gasteiger partial charge on any atom is -0.425 e. The van der Waals surface area contributed by atoms with E-state index in [1.165, 1.54) is 19.3 Å². The maximum atomic E-state index is 5.39. The summed E-state index contributed by atoms with van der Waals surface area (Å²) in [5.74, 6) is 0.825. The molecule has 1 nitrogen and oxygen atoms in total. The molecule has 62 valence electrons. The van der Waals surface area contributed by atoms with Crippen LogP contribution in [0.25, 0.3) is 0 Å². The highest BCUT2D eigenvalue weighted by Crippen LogP contribution is 2.10. The first-order valence-corrected chi connectivity index (χ1v) is 5.05. The van der Waals surface area contributed by atoms with Gasteiger partial charge in [-0.2, -0.15) is 0 Å². The largest absolute Gasteiger partial charge is 0.425 e. The minimum atomic E-state index is 0.550. The van der Waals surface area contributed by atoms with Crippen LogP contribution in [0.2, 0.25) is 0 Å². The predicted octanol–water partition coefficient (Wildman–Crippen LogP) is 1.50. The van der Waals surface area contributed by atoms with Crippen LogP contribution in [0.1, 0.15) is 40.0 Å². The van der Waals surface area contributed by atoms with Gasteiger partial charge in [0, 0.05) is 6.10 Å². The van der Waals surface area contributed by atoms with Gasteiger partial charge in [0.1, 0.15) is 10.5 Å². The van der Waals surface area contributed by atoms with E-state index in [1.54, 1.807) is 0 Å². The number of hydrogen-bond acceptors (Lipinski definition) is 1. The van der Waals surface area contributed by atoms with Gasteiger partial charge >= 0.3 is 0 Å². The number of hydrogen-bond donors (Lipinski definition) is 0. The summed E-state index contributed by atoms with van der Waals surface area (Å²) in [6.45, 7) is 6.72. The minimum absolute atomic E-state index is 0.550. The molecule has 0 heterocycles. The molecule has 1 atom stereocenters. The fourth-order valence-corrected chi connectivity index (χ4v) is 1.58. The van der Waals surface area contributed by atoms with Gasteiger partial charge in [-0.15, -0.1) is 0 Å². The van der Waals surface area contributed by atoms with Gasteiger partial charge < -0.3 is 4.43 Å². The van der Waals surface area contributed by atoms with E-state index in [9.17, 15) is 0 Å². The second-order valence-electron chi connectivity index (χ2n) is 3.24. The molecule has 0 bridgehead atoms. The van der Waals surface area contributed by atoms with Crippen LogP contribution < -0.4 is 0 Å². The normalized spacial score (nSPS) is 14.4. The Bertz CT molecular complexity index is 69.7. The van der Waals surface area contributed by atoms with Gasteiger partial charge in [0.2, 0.25) is 0 Å². The summed E-state index contributed by atoms with van der Waals surface area (Å²) < 4.78 is 5.39. The van der Waals surface area contributed by atoms with Gasteiger partial charge in [0.25, 0.3) is 0 Å². The Morgan fingerprint density at radius 2 is 1.90 bits per heavy atom. The molecule has 0 aromatic carbocycles. The van der Waals surface area contributed by atoms with Crippen molar-refractivity contribution in [3.63, 3.8) is 0 Å². The molecule has 0 radical (unpaired) electrons. The van der Waals surface area contributed by atoms with Crippen LogP contribution in [0.15, 0.2) is 0 Å². The second-order valence-corrected chi connectivity index (χ2v) is 3.71. The van der Waals surface area contributed by atoms with Crippen molar-refractivity contribution in [1.29, 1.82) is 0 Å². The molecule has 0 rings (SSSR count). The molecule has 1 unspecified atom stereocenters. The van der Waals surface area contributed by atoms with Crippen molar-refractivity contribution in [1.82, 2.24) is 0 Å². The summed E-state index contributed by atoms with van der Waals surface area (Å²) in [5, 5.41) is 0. The lowest BCUT2D eigenvalue weighted by atomic mass is 10.0. The highest BCUT2D eigenvalue weighted by Gasteiger charge is 2.03. The van der Waals surface area contributed by atoms with Crippen molar-refractivity contribution in [2.75, 3.05) is 0 Å². The fraction of sp³-hybridized carbons (Fsp3) is 1.00. The van der Waals surface area contributed by atoms with Gasteiger partial charge in [-0.05, 0) is 25.2 Å². The summed E-state index contributed by atoms with van der Waals surface area (Å²) >= 11 is 0. The molecule has 0 fully saturated rings. The first kappa shape index (κ1) is 10.2. The quantitative estimate of drug-likeness (QED) is 0.554. The molecule has 0 aliphatic heterocycles. The predicted molar refractivity (Wildman–Crippen MR) is 49.2 cm³/mol. The smallest absolute Gasteiger partial charge is 0.146 e. The SMILES string of the molecule is CCC(CCC(C)C)O[SiH3]. The molecule has 0 saturated heterocycles. The third kappa shape index (κ3) is 5.00. The molecule has 0 N–H and O–H groups in total. The number of rotatable bonds is 5. The van der Waals surface area contributed by atoms with Crippen molar-refractivity contribution in [2.24, 2.45) is 5.92 Å². The van der Waals surface area contributed by atoms with Crippen LogP contribution in [-0.2, 0) is 4.43 Å². The lowest BCUT2D eigenvalue weighted by molar-refractivity contribution is 0.195. The zero-order chi connectivity index (χ0) is 7.98. The molecule has 0 saturated carbocycles. The van der Waals surface area contributed by atoms with E-state index in [2.05, 4.69) is 20.8 Å². The third-order valence-corrected chi connectivity index (χ3v) is 2.52. The topological polar surface area (TPSA) is 9.23 Å². The van der Waals surface area contributed by atoms with Gasteiger partial charge in [0.15, 0.2) is 0 Å². The summed E-state index contributed by atoms with van der Waals surface area (Å²) in [7, 11) is 0.892. The maximum Gasteiger partial charge on any atom is 0.146 e. The van der Waals surface area contributed by atoms with E-state index in [1.807, 2.05) is 0 Å². The summed E-state index contributed by atoms with van der Waals surface area (Å²) in [4.78, 5) is 0. The van der Waals surface area contributed by atoms with Crippen LogP contribution in [0.5, 0.6) is 0 Å². The van der Waals surface area contributed by atoms with Gasteiger partial charge in [-0.3, -0.25) is 0 Å². The second kappa shape index (κ2) is 5.92. The Balaban J connectivity index is 3.26. The van der Waals surface area contributed by atoms with E-state index < -0.39 is 0 Å². The van der Waals surface area contributed by atoms with Crippen molar-refractivity contribution >= 4 is 10.5 Å². The van der Waals surface area contributed by atoms with E-state index >= 15 is 0 Å². The lowest BCUT2D eigenvalue weighted by Gasteiger charge is -2.14. The first-order chi connectivity index (χ1) is 4.70. The Morgan fingerprint density at radius 1 is 1.30 bits per heavy atom. The monoisotopic (exact) mass is 160 g/mol. The summed E-state index contributed by atoms with van der Waals surface area (Å²) in [6.07, 6.45) is 4.28. The zero-order valence-electron chi connectivity index (χ0n) is 7.68. The van der Waals surface area contributed by atoms with Crippen molar-refractivity contribution in [3.8, 4) is 0 Å². The van der Waals surface area contributed by atoms with Crippen molar-refractivity contribution < 1.29 is 4.43 Å². The summed E-state index contributed by atoms with van der Waals surface area (Å²) in [5.41, 5.74) is 0. The van der Waals surface area contributed by atoms with E-state index in [0.717, 1.165) is 16.4 Å². The van der Waals surface area contributed by atoms with Crippen LogP contribution in [0.3, 0.4) is 0 Å². The van der Waals surface area contributed by atoms with Gasteiger partial charge in [-0.1, -0.05) is 20.8 Å². The van der Waals surface area contributed by atoms with E-state index in [4.69, 9.17) is 4.43 Å². The highest BCUT2D eigenvalue weighted by atomic mass is 28.2. The Hall–Kier alpha value is 0.177. The average molecular weight is 160 g/mol.